The van der Waals surface area contributed by atoms with Crippen LogP contribution in [0.2, 0.25) is 0 Å². The Labute approximate surface area is 308 Å². The predicted molar refractivity (Wildman–Crippen MR) is 203 cm³/mol. The summed E-state index contributed by atoms with van der Waals surface area (Å²) in [6, 6.07) is 25.5. The van der Waals surface area contributed by atoms with Crippen molar-refractivity contribution in [2.45, 2.75) is 58.2 Å². The molecule has 4 aromatic rings. The standard InChI is InChI=1S/C39H47IN4O6/c1-26(2)21-43(22-27(3)4)25-41-37-33(40)23-44(38(46)42-37)36-20-34(45)35(50-36)24-49-39(28-10-8-7-9-11-28,29-12-16-31(47-5)17-13-29)30-14-18-32(48-6)19-15-30/h7-19,23,25-27,34-36,45H,20-22,24H2,1-6H3/b41-25+. The fraction of sp³-hybridized carbons (Fsp3) is 0.410. The van der Waals surface area contributed by atoms with Crippen LogP contribution in [0.1, 0.15) is 57.0 Å². The molecule has 266 valence electrons. The van der Waals surface area contributed by atoms with Gasteiger partial charge in [0, 0.05) is 25.7 Å². The van der Waals surface area contributed by atoms with Crippen LogP contribution in [0.15, 0.2) is 94.8 Å². The number of aromatic nitrogens is 2. The Balaban J connectivity index is 1.42. The maximum atomic E-state index is 13.3. The Morgan fingerprint density at radius 1 is 0.940 bits per heavy atom. The van der Waals surface area contributed by atoms with E-state index in [9.17, 15) is 9.90 Å². The highest BCUT2D eigenvalue weighted by molar-refractivity contribution is 14.1. The topological polar surface area (TPSA) is 108 Å². The van der Waals surface area contributed by atoms with Gasteiger partial charge in [-0.3, -0.25) is 4.57 Å². The van der Waals surface area contributed by atoms with E-state index in [4.69, 9.17) is 18.9 Å². The van der Waals surface area contributed by atoms with Crippen molar-refractivity contribution in [3.63, 3.8) is 0 Å². The zero-order valence-corrected chi connectivity index (χ0v) is 31.7. The van der Waals surface area contributed by atoms with Gasteiger partial charge in [0.25, 0.3) is 0 Å². The van der Waals surface area contributed by atoms with Crippen LogP contribution in [-0.4, -0.2) is 72.0 Å². The molecule has 3 aromatic carbocycles. The Morgan fingerprint density at radius 2 is 1.48 bits per heavy atom. The molecule has 3 unspecified atom stereocenters. The smallest absolute Gasteiger partial charge is 0.351 e. The monoisotopic (exact) mass is 794 g/mol. The Bertz CT molecular complexity index is 1710. The number of rotatable bonds is 15. The number of aliphatic hydroxyl groups is 1. The zero-order valence-electron chi connectivity index (χ0n) is 29.5. The minimum absolute atomic E-state index is 0.0355. The highest BCUT2D eigenvalue weighted by Crippen LogP contribution is 2.42. The first kappa shape index (κ1) is 37.5. The lowest BCUT2D eigenvalue weighted by molar-refractivity contribution is -0.0944. The van der Waals surface area contributed by atoms with Gasteiger partial charge in [0.15, 0.2) is 5.82 Å². The van der Waals surface area contributed by atoms with Gasteiger partial charge < -0.3 is 29.0 Å². The first-order valence-corrected chi connectivity index (χ1v) is 18.0. The molecule has 0 spiro atoms. The van der Waals surface area contributed by atoms with Gasteiger partial charge in [-0.25, -0.2) is 9.79 Å². The minimum atomic E-state index is -1.08. The number of aliphatic hydroxyl groups excluding tert-OH is 1. The molecule has 0 radical (unpaired) electrons. The van der Waals surface area contributed by atoms with E-state index >= 15 is 0 Å². The number of benzene rings is 3. The molecule has 50 heavy (non-hydrogen) atoms. The summed E-state index contributed by atoms with van der Waals surface area (Å²) in [7, 11) is 3.26. The van der Waals surface area contributed by atoms with Crippen LogP contribution in [0.4, 0.5) is 5.82 Å². The summed E-state index contributed by atoms with van der Waals surface area (Å²) in [4.78, 5) is 24.3. The van der Waals surface area contributed by atoms with Crippen molar-refractivity contribution in [3.8, 4) is 11.5 Å². The van der Waals surface area contributed by atoms with Crippen molar-refractivity contribution in [2.24, 2.45) is 16.8 Å². The van der Waals surface area contributed by atoms with Crippen LogP contribution in [0.25, 0.3) is 0 Å². The first-order valence-electron chi connectivity index (χ1n) is 16.9. The lowest BCUT2D eigenvalue weighted by Crippen LogP contribution is -2.38. The van der Waals surface area contributed by atoms with Crippen molar-refractivity contribution in [2.75, 3.05) is 33.9 Å². The van der Waals surface area contributed by atoms with Gasteiger partial charge >= 0.3 is 5.69 Å². The minimum Gasteiger partial charge on any atom is -0.497 e. The molecule has 0 amide bonds. The Morgan fingerprint density at radius 3 is 2.00 bits per heavy atom. The number of methoxy groups -OCH3 is 2. The van der Waals surface area contributed by atoms with E-state index in [-0.39, 0.29) is 13.0 Å². The van der Waals surface area contributed by atoms with Crippen molar-refractivity contribution in [1.29, 1.82) is 0 Å². The van der Waals surface area contributed by atoms with Crippen LogP contribution >= 0.6 is 22.6 Å². The van der Waals surface area contributed by atoms with E-state index in [1.165, 1.54) is 4.57 Å². The lowest BCUT2D eigenvalue weighted by Gasteiger charge is -2.37. The average Bonchev–Trinajstić information content (AvgIpc) is 3.48. The zero-order chi connectivity index (χ0) is 35.8. The second kappa shape index (κ2) is 17.0. The molecular formula is C39H47IN4O6. The first-order chi connectivity index (χ1) is 24.0. The van der Waals surface area contributed by atoms with Crippen LogP contribution in [0.3, 0.4) is 0 Å². The summed E-state index contributed by atoms with van der Waals surface area (Å²) in [5.41, 5.74) is 1.06. The summed E-state index contributed by atoms with van der Waals surface area (Å²) < 4.78 is 26.4. The average molecular weight is 795 g/mol. The summed E-state index contributed by atoms with van der Waals surface area (Å²) in [5, 5.41) is 11.3. The second-order valence-corrected chi connectivity index (χ2v) is 14.5. The van der Waals surface area contributed by atoms with Crippen molar-refractivity contribution >= 4 is 34.7 Å². The quantitative estimate of drug-likeness (QED) is 0.0607. The normalized spacial score (nSPS) is 17.9. The molecule has 1 fully saturated rings. The van der Waals surface area contributed by atoms with Gasteiger partial charge in [-0.2, -0.15) is 4.98 Å². The maximum absolute atomic E-state index is 13.3. The van der Waals surface area contributed by atoms with Crippen molar-refractivity contribution in [3.05, 3.63) is 116 Å². The third-order valence-electron chi connectivity index (χ3n) is 8.58. The summed E-state index contributed by atoms with van der Waals surface area (Å²) in [6.45, 7) is 10.4. The third kappa shape index (κ3) is 8.74. The van der Waals surface area contributed by atoms with Crippen molar-refractivity contribution < 1.29 is 24.1 Å². The molecule has 1 aliphatic rings. The molecule has 0 aliphatic carbocycles. The largest absolute Gasteiger partial charge is 0.497 e. The summed E-state index contributed by atoms with van der Waals surface area (Å²) in [6.07, 6.45) is 1.35. The highest BCUT2D eigenvalue weighted by Gasteiger charge is 2.42. The molecule has 0 bridgehead atoms. The SMILES string of the molecule is COc1ccc(C(OCC2OC(n3cc(I)c(/N=C/N(CC(C)C)CC(C)C)nc3=O)CC2O)(c2ccccc2)c2ccc(OC)cc2)cc1. The summed E-state index contributed by atoms with van der Waals surface area (Å²) in [5.74, 6) is 2.73. The second-order valence-electron chi connectivity index (χ2n) is 13.3. The maximum Gasteiger partial charge on any atom is 0.351 e. The highest BCUT2D eigenvalue weighted by atomic mass is 127. The predicted octanol–water partition coefficient (Wildman–Crippen LogP) is 6.80. The van der Waals surface area contributed by atoms with Crippen LogP contribution < -0.4 is 15.2 Å². The molecule has 0 saturated carbocycles. The van der Waals surface area contributed by atoms with Gasteiger partial charge in [-0.15, -0.1) is 0 Å². The third-order valence-corrected chi connectivity index (χ3v) is 9.34. The fourth-order valence-corrected chi connectivity index (χ4v) is 6.85. The van der Waals surface area contributed by atoms with Crippen LogP contribution in [0, 0.1) is 15.4 Å². The number of halogens is 1. The van der Waals surface area contributed by atoms with Gasteiger partial charge in [0.2, 0.25) is 0 Å². The van der Waals surface area contributed by atoms with E-state index in [1.54, 1.807) is 26.8 Å². The number of ether oxygens (including phenoxy) is 4. The van der Waals surface area contributed by atoms with E-state index in [0.29, 0.717) is 21.2 Å². The van der Waals surface area contributed by atoms with E-state index in [2.05, 4.69) is 65.2 Å². The number of hydrogen-bond acceptors (Lipinski definition) is 8. The lowest BCUT2D eigenvalue weighted by atomic mass is 9.80. The molecule has 1 N–H and O–H groups in total. The van der Waals surface area contributed by atoms with E-state index < -0.39 is 29.7 Å². The number of aliphatic imine (C=N–C) groups is 1. The summed E-state index contributed by atoms with van der Waals surface area (Å²) >= 11 is 2.14. The van der Waals surface area contributed by atoms with Crippen molar-refractivity contribution in [1.82, 2.24) is 14.5 Å². The molecule has 2 heterocycles. The molecule has 5 rings (SSSR count). The Kier molecular flexibility index (Phi) is 12.7. The van der Waals surface area contributed by atoms with E-state index in [1.807, 2.05) is 78.9 Å². The molecule has 1 aliphatic heterocycles. The van der Waals surface area contributed by atoms with Gasteiger partial charge in [-0.05, 0) is 75.4 Å². The van der Waals surface area contributed by atoms with Gasteiger partial charge in [0.1, 0.15) is 29.4 Å². The molecule has 11 heteroatoms. The van der Waals surface area contributed by atoms with Crippen LogP contribution in [-0.2, 0) is 15.1 Å². The molecule has 3 atom stereocenters. The molecule has 1 saturated heterocycles. The van der Waals surface area contributed by atoms with Gasteiger partial charge in [-0.1, -0.05) is 82.3 Å². The molecule has 1 aromatic heterocycles. The number of nitrogens with zero attached hydrogens (tertiary/aromatic N) is 4. The van der Waals surface area contributed by atoms with Crippen LogP contribution in [0.5, 0.6) is 11.5 Å². The number of hydrogen-bond donors (Lipinski definition) is 1. The molecule has 10 nitrogen and oxygen atoms in total. The Hall–Kier alpha value is -3.78. The van der Waals surface area contributed by atoms with E-state index in [0.717, 1.165) is 41.3 Å². The fourth-order valence-electron chi connectivity index (χ4n) is 6.29. The van der Waals surface area contributed by atoms with Gasteiger partial charge in [0.05, 0.1) is 36.8 Å². The molecular weight excluding hydrogens is 747 g/mol.